The molecule has 0 fully saturated rings. The maximum absolute atomic E-state index is 13.5. The molecule has 2 N–H and O–H groups in total. The monoisotopic (exact) mass is 353 g/mol. The minimum absolute atomic E-state index is 0.199. The van der Waals surface area contributed by atoms with Gasteiger partial charge in [0.05, 0.1) is 17.3 Å². The van der Waals surface area contributed by atoms with Crippen molar-refractivity contribution < 1.29 is 26.7 Å². The third kappa shape index (κ3) is 2.84. The van der Waals surface area contributed by atoms with Crippen molar-refractivity contribution in [2.75, 3.05) is 0 Å². The number of benzene rings is 2. The summed E-state index contributed by atoms with van der Waals surface area (Å²) < 4.78 is 66.0. The summed E-state index contributed by atoms with van der Waals surface area (Å²) in [6, 6.07) is 6.84. The van der Waals surface area contributed by atoms with Gasteiger partial charge < -0.3 is 4.98 Å². The van der Waals surface area contributed by atoms with Gasteiger partial charge in [0, 0.05) is 17.1 Å². The van der Waals surface area contributed by atoms with Gasteiger partial charge in [-0.2, -0.15) is 5.10 Å². The number of carbonyl (C=O) groups excluding carboxylic acids is 1. The molecule has 0 saturated heterocycles. The lowest BCUT2D eigenvalue weighted by molar-refractivity contribution is 0.0957. The Hall–Kier alpha value is -3.23. The Balaban J connectivity index is 1.86. The maximum atomic E-state index is 13.5. The Labute approximate surface area is 137 Å². The SMILES string of the molecule is O=C(N/N=C\c1c(F)c(F)c(F)c(F)c1F)c1c[nH]c2ccccc12. The predicted octanol–water partition coefficient (Wildman–Crippen LogP) is 3.63. The summed E-state index contributed by atoms with van der Waals surface area (Å²) in [6.45, 7) is 0. The van der Waals surface area contributed by atoms with Crippen LogP contribution in [-0.4, -0.2) is 17.1 Å². The fraction of sp³-hybridized carbons (Fsp3) is 0. The zero-order valence-electron chi connectivity index (χ0n) is 12.2. The van der Waals surface area contributed by atoms with Crippen molar-refractivity contribution in [1.29, 1.82) is 0 Å². The van der Waals surface area contributed by atoms with Crippen LogP contribution in [0.2, 0.25) is 0 Å². The molecule has 0 aliphatic rings. The molecule has 0 radical (unpaired) electrons. The highest BCUT2D eigenvalue weighted by molar-refractivity contribution is 6.06. The van der Waals surface area contributed by atoms with Gasteiger partial charge >= 0.3 is 0 Å². The van der Waals surface area contributed by atoms with E-state index in [9.17, 15) is 26.7 Å². The standard InChI is InChI=1S/C16H8F5N3O/c17-11-9(12(18)14(20)15(21)13(11)19)6-23-24-16(25)8-5-22-10-4-2-1-3-7(8)10/h1-6,22H,(H,24,25)/b23-6-. The Morgan fingerprint density at radius 1 is 0.960 bits per heavy atom. The molecule has 9 heteroatoms. The van der Waals surface area contributed by atoms with E-state index in [4.69, 9.17) is 0 Å². The molecule has 3 rings (SSSR count). The highest BCUT2D eigenvalue weighted by atomic mass is 19.2. The Morgan fingerprint density at radius 2 is 1.56 bits per heavy atom. The summed E-state index contributed by atoms with van der Waals surface area (Å²) in [5.41, 5.74) is 1.59. The lowest BCUT2D eigenvalue weighted by Gasteiger charge is -2.04. The molecule has 0 unspecified atom stereocenters. The van der Waals surface area contributed by atoms with Gasteiger partial charge in [-0.25, -0.2) is 27.4 Å². The van der Waals surface area contributed by atoms with Gasteiger partial charge in [-0.05, 0) is 6.07 Å². The molecule has 4 nitrogen and oxygen atoms in total. The van der Waals surface area contributed by atoms with Crippen molar-refractivity contribution >= 4 is 23.0 Å². The number of fused-ring (bicyclic) bond motifs is 1. The first-order valence-electron chi connectivity index (χ1n) is 6.82. The van der Waals surface area contributed by atoms with Crippen LogP contribution in [-0.2, 0) is 0 Å². The first-order chi connectivity index (χ1) is 11.9. The Kier molecular flexibility index (Phi) is 4.22. The smallest absolute Gasteiger partial charge is 0.273 e. The van der Waals surface area contributed by atoms with Crippen LogP contribution >= 0.6 is 0 Å². The van der Waals surface area contributed by atoms with Gasteiger partial charge in [-0.1, -0.05) is 18.2 Å². The van der Waals surface area contributed by atoms with E-state index >= 15 is 0 Å². The fourth-order valence-electron chi connectivity index (χ4n) is 2.21. The van der Waals surface area contributed by atoms with Gasteiger partial charge in [0.2, 0.25) is 5.82 Å². The van der Waals surface area contributed by atoms with E-state index < -0.39 is 40.6 Å². The molecule has 128 valence electrons. The van der Waals surface area contributed by atoms with Crippen molar-refractivity contribution in [3.05, 3.63) is 70.7 Å². The topological polar surface area (TPSA) is 57.2 Å². The number of hydrogen-bond acceptors (Lipinski definition) is 2. The van der Waals surface area contributed by atoms with Crippen LogP contribution in [0.25, 0.3) is 10.9 Å². The molecular formula is C16H8F5N3O. The second kappa shape index (κ2) is 6.34. The largest absolute Gasteiger partial charge is 0.360 e. The summed E-state index contributed by atoms with van der Waals surface area (Å²) in [7, 11) is 0. The summed E-state index contributed by atoms with van der Waals surface area (Å²) in [5, 5.41) is 3.84. The number of nitrogens with zero attached hydrogens (tertiary/aromatic N) is 1. The first-order valence-corrected chi connectivity index (χ1v) is 6.82. The number of halogens is 5. The molecule has 0 spiro atoms. The summed E-state index contributed by atoms with van der Waals surface area (Å²) in [4.78, 5) is 14.9. The lowest BCUT2D eigenvalue weighted by atomic mass is 10.2. The molecule has 0 saturated carbocycles. The van der Waals surface area contributed by atoms with Crippen LogP contribution in [0.3, 0.4) is 0 Å². The average molecular weight is 353 g/mol. The molecule has 1 amide bonds. The van der Waals surface area contributed by atoms with Crippen LogP contribution in [0.5, 0.6) is 0 Å². The van der Waals surface area contributed by atoms with E-state index in [1.54, 1.807) is 24.3 Å². The van der Waals surface area contributed by atoms with Gasteiger partial charge in [-0.3, -0.25) is 4.79 Å². The molecule has 0 bridgehead atoms. The van der Waals surface area contributed by atoms with Crippen molar-refractivity contribution in [2.45, 2.75) is 0 Å². The molecule has 0 aliphatic heterocycles. The van der Waals surface area contributed by atoms with E-state index in [0.29, 0.717) is 17.1 Å². The maximum Gasteiger partial charge on any atom is 0.273 e. The van der Waals surface area contributed by atoms with Crippen molar-refractivity contribution in [3.8, 4) is 0 Å². The summed E-state index contributed by atoms with van der Waals surface area (Å²) in [5.74, 6) is -11.3. The van der Waals surface area contributed by atoms with Crippen LogP contribution in [0, 0.1) is 29.1 Å². The van der Waals surface area contributed by atoms with Crippen molar-refractivity contribution in [3.63, 3.8) is 0 Å². The minimum atomic E-state index is -2.27. The van der Waals surface area contributed by atoms with Crippen LogP contribution in [0.1, 0.15) is 15.9 Å². The molecule has 1 heterocycles. The van der Waals surface area contributed by atoms with Gasteiger partial charge in [0.1, 0.15) is 0 Å². The van der Waals surface area contributed by atoms with E-state index in [2.05, 4.69) is 10.1 Å². The number of hydrogen-bond donors (Lipinski definition) is 2. The molecule has 25 heavy (non-hydrogen) atoms. The Morgan fingerprint density at radius 3 is 2.24 bits per heavy atom. The number of nitrogens with one attached hydrogen (secondary N) is 2. The second-order valence-corrected chi connectivity index (χ2v) is 4.93. The van der Waals surface area contributed by atoms with E-state index in [1.807, 2.05) is 5.43 Å². The summed E-state index contributed by atoms with van der Waals surface area (Å²) >= 11 is 0. The van der Waals surface area contributed by atoms with E-state index in [-0.39, 0.29) is 5.56 Å². The van der Waals surface area contributed by atoms with E-state index in [0.717, 1.165) is 0 Å². The van der Waals surface area contributed by atoms with Crippen LogP contribution < -0.4 is 5.43 Å². The number of para-hydroxylation sites is 1. The highest BCUT2D eigenvalue weighted by Crippen LogP contribution is 2.21. The van der Waals surface area contributed by atoms with Gasteiger partial charge in [0.25, 0.3) is 5.91 Å². The van der Waals surface area contributed by atoms with Crippen molar-refractivity contribution in [2.24, 2.45) is 5.10 Å². The minimum Gasteiger partial charge on any atom is -0.360 e. The van der Waals surface area contributed by atoms with Crippen LogP contribution in [0.4, 0.5) is 22.0 Å². The third-order valence-electron chi connectivity index (χ3n) is 3.44. The molecule has 1 aromatic heterocycles. The molecule has 0 atom stereocenters. The Bertz CT molecular complexity index is 983. The molecule has 2 aromatic carbocycles. The highest BCUT2D eigenvalue weighted by Gasteiger charge is 2.24. The normalized spacial score (nSPS) is 11.4. The van der Waals surface area contributed by atoms with Crippen LogP contribution in [0.15, 0.2) is 35.6 Å². The number of aromatic amines is 1. The lowest BCUT2D eigenvalue weighted by Crippen LogP contribution is -2.18. The number of hydrazone groups is 1. The van der Waals surface area contributed by atoms with Crippen molar-refractivity contribution in [1.82, 2.24) is 10.4 Å². The third-order valence-corrected chi connectivity index (χ3v) is 3.44. The zero-order valence-corrected chi connectivity index (χ0v) is 12.2. The van der Waals surface area contributed by atoms with Gasteiger partial charge in [0.15, 0.2) is 23.3 Å². The number of H-pyrrole nitrogens is 1. The molecular weight excluding hydrogens is 345 g/mol. The predicted molar refractivity (Wildman–Crippen MR) is 79.6 cm³/mol. The van der Waals surface area contributed by atoms with E-state index in [1.165, 1.54) is 6.20 Å². The number of rotatable bonds is 3. The number of carbonyl (C=O) groups is 1. The quantitative estimate of drug-likeness (QED) is 0.244. The summed E-state index contributed by atoms with van der Waals surface area (Å²) in [6.07, 6.45) is 1.75. The number of amides is 1. The molecule has 3 aromatic rings. The average Bonchev–Trinajstić information content (AvgIpc) is 3.05. The zero-order chi connectivity index (χ0) is 18.1. The second-order valence-electron chi connectivity index (χ2n) is 4.93. The fourth-order valence-corrected chi connectivity index (χ4v) is 2.21. The number of aromatic nitrogens is 1. The molecule has 0 aliphatic carbocycles. The first kappa shape index (κ1) is 16.6. The van der Waals surface area contributed by atoms with Gasteiger partial charge in [-0.15, -0.1) is 0 Å².